The molecule has 6 nitrogen and oxygen atoms in total. The predicted octanol–water partition coefficient (Wildman–Crippen LogP) is 0.891. The third kappa shape index (κ3) is 3.56. The van der Waals surface area contributed by atoms with Gasteiger partial charge in [0, 0.05) is 7.05 Å². The molecule has 0 spiro atoms. The fourth-order valence-corrected chi connectivity index (χ4v) is 2.88. The zero-order valence-corrected chi connectivity index (χ0v) is 12.8. The second kappa shape index (κ2) is 6.64. The Morgan fingerprint density at radius 2 is 2.14 bits per heavy atom. The molecule has 1 unspecified atom stereocenters. The monoisotopic (exact) mass is 306 g/mol. The molecule has 1 aromatic carbocycles. The van der Waals surface area contributed by atoms with Gasteiger partial charge in [-0.25, -0.2) is 4.98 Å². The predicted molar refractivity (Wildman–Crippen MR) is 82.9 cm³/mol. The molecule has 7 heteroatoms. The van der Waals surface area contributed by atoms with Crippen LogP contribution in [0.25, 0.3) is 10.2 Å². The summed E-state index contributed by atoms with van der Waals surface area (Å²) in [4.78, 5) is 29.2. The minimum Gasteiger partial charge on any atom is -0.346 e. The summed E-state index contributed by atoms with van der Waals surface area (Å²) in [5, 5.41) is 3.35. The number of para-hydroxylation sites is 1. The lowest BCUT2D eigenvalue weighted by Gasteiger charge is -2.23. The van der Waals surface area contributed by atoms with Gasteiger partial charge in [0.1, 0.15) is 5.01 Å². The van der Waals surface area contributed by atoms with Gasteiger partial charge in [0.2, 0.25) is 11.8 Å². The van der Waals surface area contributed by atoms with Crippen molar-refractivity contribution in [3.05, 3.63) is 29.3 Å². The third-order valence-electron chi connectivity index (χ3n) is 3.26. The van der Waals surface area contributed by atoms with Crippen molar-refractivity contribution in [2.24, 2.45) is 5.73 Å². The maximum absolute atomic E-state index is 12.0. The Labute approximate surface area is 127 Å². The summed E-state index contributed by atoms with van der Waals surface area (Å²) >= 11 is 1.57. The van der Waals surface area contributed by atoms with Gasteiger partial charge in [0.15, 0.2) is 0 Å². The molecule has 2 aromatic rings. The first-order valence-electron chi connectivity index (χ1n) is 6.61. The molecule has 1 atom stereocenters. The zero-order valence-electron chi connectivity index (χ0n) is 12.0. The van der Waals surface area contributed by atoms with Crippen LogP contribution in [0.2, 0.25) is 0 Å². The van der Waals surface area contributed by atoms with Gasteiger partial charge in [-0.15, -0.1) is 11.3 Å². The van der Waals surface area contributed by atoms with E-state index in [1.807, 2.05) is 31.2 Å². The Morgan fingerprint density at radius 3 is 2.81 bits per heavy atom. The van der Waals surface area contributed by atoms with E-state index in [0.29, 0.717) is 0 Å². The maximum atomic E-state index is 12.0. The number of nitrogens with zero attached hydrogens (tertiary/aromatic N) is 2. The first kappa shape index (κ1) is 15.4. The van der Waals surface area contributed by atoms with Gasteiger partial charge in [0.05, 0.1) is 29.3 Å². The topological polar surface area (TPSA) is 88.3 Å². The van der Waals surface area contributed by atoms with Crippen molar-refractivity contribution in [1.29, 1.82) is 0 Å². The highest BCUT2D eigenvalue weighted by Crippen LogP contribution is 2.28. The second-order valence-corrected chi connectivity index (χ2v) is 5.74. The number of hydrogen-bond acceptors (Lipinski definition) is 5. The van der Waals surface area contributed by atoms with E-state index in [1.165, 1.54) is 0 Å². The highest BCUT2D eigenvalue weighted by molar-refractivity contribution is 7.18. The van der Waals surface area contributed by atoms with Crippen molar-refractivity contribution in [1.82, 2.24) is 15.2 Å². The van der Waals surface area contributed by atoms with Gasteiger partial charge in [-0.3, -0.25) is 9.59 Å². The Kier molecular flexibility index (Phi) is 4.87. The minimum absolute atomic E-state index is 0.0538. The van der Waals surface area contributed by atoms with Crippen LogP contribution in [0.15, 0.2) is 24.3 Å². The van der Waals surface area contributed by atoms with Gasteiger partial charge >= 0.3 is 0 Å². The molecular weight excluding hydrogens is 288 g/mol. The van der Waals surface area contributed by atoms with E-state index in [0.717, 1.165) is 15.2 Å². The molecule has 1 aromatic heterocycles. The average molecular weight is 306 g/mol. The van der Waals surface area contributed by atoms with E-state index >= 15 is 0 Å². The van der Waals surface area contributed by atoms with Crippen LogP contribution in [0.3, 0.4) is 0 Å². The quantitative estimate of drug-likeness (QED) is 0.858. The smallest absolute Gasteiger partial charge is 0.242 e. The molecule has 3 N–H and O–H groups in total. The van der Waals surface area contributed by atoms with Crippen molar-refractivity contribution in [3.63, 3.8) is 0 Å². The number of carbonyl (C=O) groups is 2. The van der Waals surface area contributed by atoms with Crippen LogP contribution in [-0.4, -0.2) is 41.8 Å². The van der Waals surface area contributed by atoms with Crippen molar-refractivity contribution >= 4 is 33.4 Å². The number of aromatic nitrogens is 1. The molecular formula is C14H18N4O2S. The molecule has 0 aliphatic heterocycles. The van der Waals surface area contributed by atoms with Crippen LogP contribution in [0, 0.1) is 0 Å². The van der Waals surface area contributed by atoms with Crippen LogP contribution >= 0.6 is 11.3 Å². The number of amides is 2. The molecule has 0 bridgehead atoms. The van der Waals surface area contributed by atoms with Crippen molar-refractivity contribution in [2.45, 2.75) is 13.0 Å². The SMILES string of the molecule is CC(c1nc2ccccc2s1)N(C)C(=O)CNC(=O)CN. The van der Waals surface area contributed by atoms with Crippen LogP contribution in [0.4, 0.5) is 0 Å². The summed E-state index contributed by atoms with van der Waals surface area (Å²) in [5.41, 5.74) is 6.12. The first-order valence-corrected chi connectivity index (χ1v) is 7.42. The number of nitrogens with one attached hydrogen (secondary N) is 1. The number of rotatable bonds is 5. The van der Waals surface area contributed by atoms with Gasteiger partial charge in [-0.1, -0.05) is 12.1 Å². The number of thiazole rings is 1. The molecule has 0 fully saturated rings. The number of likely N-dealkylation sites (N-methyl/N-ethyl adjacent to an activating group) is 1. The van der Waals surface area contributed by atoms with Crippen molar-refractivity contribution in [2.75, 3.05) is 20.1 Å². The highest BCUT2D eigenvalue weighted by Gasteiger charge is 2.20. The summed E-state index contributed by atoms with van der Waals surface area (Å²) in [5.74, 6) is -0.520. The Balaban J connectivity index is 2.05. The molecule has 2 rings (SSSR count). The van der Waals surface area contributed by atoms with Crippen LogP contribution in [-0.2, 0) is 9.59 Å². The van der Waals surface area contributed by atoms with E-state index in [9.17, 15) is 9.59 Å². The molecule has 0 saturated carbocycles. The molecule has 21 heavy (non-hydrogen) atoms. The molecule has 0 radical (unpaired) electrons. The number of carbonyl (C=O) groups excluding carboxylic acids is 2. The van der Waals surface area contributed by atoms with Crippen LogP contribution < -0.4 is 11.1 Å². The van der Waals surface area contributed by atoms with Gasteiger partial charge < -0.3 is 16.0 Å². The Morgan fingerprint density at radius 1 is 1.43 bits per heavy atom. The molecule has 2 amide bonds. The number of benzene rings is 1. The lowest BCUT2D eigenvalue weighted by Crippen LogP contribution is -2.41. The average Bonchev–Trinajstić information content (AvgIpc) is 2.94. The maximum Gasteiger partial charge on any atom is 0.242 e. The van der Waals surface area contributed by atoms with Crippen molar-refractivity contribution in [3.8, 4) is 0 Å². The number of nitrogens with two attached hydrogens (primary N) is 1. The fraction of sp³-hybridized carbons (Fsp3) is 0.357. The third-order valence-corrected chi connectivity index (χ3v) is 4.47. The van der Waals surface area contributed by atoms with Gasteiger partial charge in [-0.05, 0) is 19.1 Å². The molecule has 0 saturated heterocycles. The molecule has 1 heterocycles. The van der Waals surface area contributed by atoms with E-state index in [1.54, 1.807) is 23.3 Å². The minimum atomic E-state index is -0.343. The number of hydrogen-bond donors (Lipinski definition) is 2. The fourth-order valence-electron chi connectivity index (χ4n) is 1.82. The summed E-state index contributed by atoms with van der Waals surface area (Å²) in [6.07, 6.45) is 0. The van der Waals surface area contributed by atoms with E-state index in [-0.39, 0.29) is 30.9 Å². The molecule has 112 valence electrons. The summed E-state index contributed by atoms with van der Waals surface area (Å²) in [7, 11) is 1.70. The first-order chi connectivity index (χ1) is 10.0. The molecule has 0 aliphatic carbocycles. The summed E-state index contributed by atoms with van der Waals surface area (Å²) in [6.45, 7) is 1.74. The van der Waals surface area contributed by atoms with Crippen molar-refractivity contribution < 1.29 is 9.59 Å². The van der Waals surface area contributed by atoms with Crippen LogP contribution in [0.5, 0.6) is 0 Å². The van der Waals surface area contributed by atoms with Crippen LogP contribution in [0.1, 0.15) is 18.0 Å². The van der Waals surface area contributed by atoms with Gasteiger partial charge in [-0.2, -0.15) is 0 Å². The second-order valence-electron chi connectivity index (χ2n) is 4.68. The Bertz CT molecular complexity index is 622. The number of fused-ring (bicyclic) bond motifs is 1. The standard InChI is InChI=1S/C14H18N4O2S/c1-9(18(2)13(20)8-16-12(19)7-15)14-17-10-5-3-4-6-11(10)21-14/h3-6,9H,7-8,15H2,1-2H3,(H,16,19). The Hall–Kier alpha value is -1.99. The lowest BCUT2D eigenvalue weighted by molar-refractivity contribution is -0.133. The van der Waals surface area contributed by atoms with E-state index < -0.39 is 0 Å². The van der Waals surface area contributed by atoms with Gasteiger partial charge in [0.25, 0.3) is 0 Å². The summed E-state index contributed by atoms with van der Waals surface area (Å²) < 4.78 is 1.09. The zero-order chi connectivity index (χ0) is 15.4. The largest absolute Gasteiger partial charge is 0.346 e. The van der Waals surface area contributed by atoms with E-state index in [2.05, 4.69) is 10.3 Å². The normalized spacial score (nSPS) is 12.1. The summed E-state index contributed by atoms with van der Waals surface area (Å²) in [6, 6.07) is 7.71. The van der Waals surface area contributed by atoms with E-state index in [4.69, 9.17) is 5.73 Å². The lowest BCUT2D eigenvalue weighted by atomic mass is 10.3. The highest BCUT2D eigenvalue weighted by atomic mass is 32.1. The molecule has 0 aliphatic rings.